The van der Waals surface area contributed by atoms with Crippen LogP contribution in [0.4, 0.5) is 5.69 Å². The van der Waals surface area contributed by atoms with Crippen molar-refractivity contribution in [2.24, 2.45) is 0 Å². The summed E-state index contributed by atoms with van der Waals surface area (Å²) < 4.78 is -1.73. The van der Waals surface area contributed by atoms with E-state index in [-0.39, 0.29) is 6.42 Å². The quantitative estimate of drug-likeness (QED) is 0.403. The molecule has 0 radical (unpaired) electrons. The first-order valence-electron chi connectivity index (χ1n) is 7.80. The summed E-state index contributed by atoms with van der Waals surface area (Å²) in [4.78, 5) is 17.0. The van der Waals surface area contributed by atoms with Crippen molar-refractivity contribution < 1.29 is 9.63 Å². The summed E-state index contributed by atoms with van der Waals surface area (Å²) in [6, 6.07) is 16.9. The lowest BCUT2D eigenvalue weighted by Crippen LogP contribution is -2.47. The molecule has 0 heterocycles. The Hall–Kier alpha value is -1.46. The molecule has 1 unspecified atom stereocenters. The van der Waals surface area contributed by atoms with Crippen molar-refractivity contribution in [3.63, 3.8) is 0 Å². The van der Waals surface area contributed by atoms with Gasteiger partial charge in [0.2, 0.25) is 3.79 Å². The molecule has 0 aliphatic heterocycles. The van der Waals surface area contributed by atoms with Gasteiger partial charge in [-0.25, -0.2) is 0 Å². The molecule has 0 aliphatic rings. The van der Waals surface area contributed by atoms with Crippen molar-refractivity contribution in [2.45, 2.75) is 29.7 Å². The largest absolute Gasteiger partial charge is 0.368 e. The molecule has 2 aromatic rings. The third-order valence-corrected chi connectivity index (χ3v) is 4.14. The van der Waals surface area contributed by atoms with Gasteiger partial charge in [-0.3, -0.25) is 4.79 Å². The minimum Gasteiger partial charge on any atom is -0.368 e. The fourth-order valence-electron chi connectivity index (χ4n) is 2.10. The van der Waals surface area contributed by atoms with Gasteiger partial charge in [-0.2, -0.15) is 0 Å². The summed E-state index contributed by atoms with van der Waals surface area (Å²) in [6.45, 7) is 2.07. The first-order chi connectivity index (χ1) is 11.9. The number of hydroxylamine groups is 1. The molecule has 0 spiro atoms. The standard InChI is InChI=1S/C18H19Cl3N2O2/c1-2-13-8-10-15(11-9-13)22-17(18(19,20)21)23-25-16(24)12-14-6-4-3-5-7-14/h3-11,17,22-23H,2,12H2,1H3. The van der Waals surface area contributed by atoms with E-state index in [1.54, 1.807) is 0 Å². The van der Waals surface area contributed by atoms with Gasteiger partial charge in [0.1, 0.15) is 0 Å². The molecule has 0 aromatic heterocycles. The van der Waals surface area contributed by atoms with Crippen molar-refractivity contribution in [3.05, 3.63) is 65.7 Å². The monoisotopic (exact) mass is 400 g/mol. The van der Waals surface area contributed by atoms with Crippen molar-refractivity contribution in [2.75, 3.05) is 5.32 Å². The normalized spacial score (nSPS) is 12.5. The van der Waals surface area contributed by atoms with Crippen LogP contribution in [0.3, 0.4) is 0 Å². The number of hydrogen-bond acceptors (Lipinski definition) is 4. The Morgan fingerprint density at radius 1 is 1.04 bits per heavy atom. The molecule has 0 bridgehead atoms. The maximum absolute atomic E-state index is 11.9. The number of aryl methyl sites for hydroxylation is 1. The lowest BCUT2D eigenvalue weighted by Gasteiger charge is -2.26. The molecule has 0 amide bonds. The highest BCUT2D eigenvalue weighted by Crippen LogP contribution is 2.31. The molecule has 7 heteroatoms. The number of alkyl halides is 3. The van der Waals surface area contributed by atoms with Gasteiger partial charge in [0.25, 0.3) is 0 Å². The molecular formula is C18H19Cl3N2O2. The summed E-state index contributed by atoms with van der Waals surface area (Å²) in [5.41, 5.74) is 5.27. The van der Waals surface area contributed by atoms with E-state index in [4.69, 9.17) is 39.6 Å². The Morgan fingerprint density at radius 2 is 1.68 bits per heavy atom. The van der Waals surface area contributed by atoms with Gasteiger partial charge in [0.05, 0.1) is 6.42 Å². The second-order valence-electron chi connectivity index (χ2n) is 5.42. The molecule has 25 heavy (non-hydrogen) atoms. The van der Waals surface area contributed by atoms with Gasteiger partial charge in [0.15, 0.2) is 6.17 Å². The van der Waals surface area contributed by atoms with Crippen molar-refractivity contribution in [1.82, 2.24) is 5.48 Å². The fourth-order valence-corrected chi connectivity index (χ4v) is 2.40. The van der Waals surface area contributed by atoms with Crippen molar-refractivity contribution in [3.8, 4) is 0 Å². The molecule has 0 saturated carbocycles. The van der Waals surface area contributed by atoms with Crippen LogP contribution in [0.5, 0.6) is 0 Å². The topological polar surface area (TPSA) is 50.4 Å². The zero-order chi connectivity index (χ0) is 18.3. The summed E-state index contributed by atoms with van der Waals surface area (Å²) >= 11 is 17.9. The predicted octanol–water partition coefficient (Wildman–Crippen LogP) is 4.65. The van der Waals surface area contributed by atoms with Gasteiger partial charge in [0, 0.05) is 5.69 Å². The highest BCUT2D eigenvalue weighted by Gasteiger charge is 2.34. The van der Waals surface area contributed by atoms with E-state index in [0.717, 1.165) is 17.7 Å². The molecular weight excluding hydrogens is 383 g/mol. The smallest absolute Gasteiger partial charge is 0.329 e. The highest BCUT2D eigenvalue weighted by atomic mass is 35.6. The Labute approximate surface area is 162 Å². The highest BCUT2D eigenvalue weighted by molar-refractivity contribution is 6.68. The number of nitrogens with one attached hydrogen (secondary N) is 2. The summed E-state index contributed by atoms with van der Waals surface area (Å²) in [7, 11) is 0. The molecule has 0 saturated heterocycles. The third-order valence-electron chi connectivity index (χ3n) is 3.48. The van der Waals surface area contributed by atoms with Gasteiger partial charge < -0.3 is 10.2 Å². The van der Waals surface area contributed by atoms with Crippen LogP contribution in [0, 0.1) is 0 Å². The van der Waals surface area contributed by atoms with Gasteiger partial charge >= 0.3 is 5.97 Å². The van der Waals surface area contributed by atoms with Crippen LogP contribution in [0.25, 0.3) is 0 Å². The second-order valence-corrected chi connectivity index (χ2v) is 7.79. The lowest BCUT2D eigenvalue weighted by atomic mass is 10.1. The Kier molecular flexibility index (Phi) is 7.38. The Bertz CT molecular complexity index is 673. The average Bonchev–Trinajstić information content (AvgIpc) is 2.59. The number of anilines is 1. The van der Waals surface area contributed by atoms with E-state index in [2.05, 4.69) is 17.7 Å². The number of carbonyl (C=O) groups is 1. The van der Waals surface area contributed by atoms with Crippen LogP contribution in [-0.2, 0) is 22.5 Å². The molecule has 2 aromatic carbocycles. The molecule has 1 atom stereocenters. The maximum atomic E-state index is 11.9. The van der Waals surface area contributed by atoms with E-state index in [9.17, 15) is 4.79 Å². The number of hydrogen-bond donors (Lipinski definition) is 2. The fraction of sp³-hybridized carbons (Fsp3) is 0.278. The lowest BCUT2D eigenvalue weighted by molar-refractivity contribution is -0.151. The van der Waals surface area contributed by atoms with Crippen LogP contribution < -0.4 is 10.8 Å². The zero-order valence-corrected chi connectivity index (χ0v) is 15.9. The predicted molar refractivity (Wildman–Crippen MR) is 103 cm³/mol. The summed E-state index contributed by atoms with van der Waals surface area (Å²) in [5, 5.41) is 3.01. The van der Waals surface area contributed by atoms with Crippen molar-refractivity contribution >= 4 is 46.5 Å². The Morgan fingerprint density at radius 3 is 2.24 bits per heavy atom. The second kappa shape index (κ2) is 9.30. The maximum Gasteiger partial charge on any atom is 0.329 e. The van der Waals surface area contributed by atoms with E-state index < -0.39 is 15.9 Å². The van der Waals surface area contributed by atoms with E-state index in [1.165, 1.54) is 5.56 Å². The molecule has 2 rings (SSSR count). The molecule has 4 nitrogen and oxygen atoms in total. The number of rotatable bonds is 7. The molecule has 0 fully saturated rings. The van der Waals surface area contributed by atoms with Crippen LogP contribution in [0.1, 0.15) is 18.1 Å². The van der Waals surface area contributed by atoms with Crippen LogP contribution >= 0.6 is 34.8 Å². The molecule has 2 N–H and O–H groups in total. The average molecular weight is 402 g/mol. The van der Waals surface area contributed by atoms with E-state index in [1.807, 2.05) is 54.6 Å². The number of halogens is 3. The van der Waals surface area contributed by atoms with Gasteiger partial charge in [-0.05, 0) is 29.7 Å². The minimum atomic E-state index is -1.73. The van der Waals surface area contributed by atoms with Crippen LogP contribution in [0.15, 0.2) is 54.6 Å². The first-order valence-corrected chi connectivity index (χ1v) is 8.93. The van der Waals surface area contributed by atoms with Crippen LogP contribution in [-0.4, -0.2) is 15.9 Å². The minimum absolute atomic E-state index is 0.117. The number of benzene rings is 2. The Balaban J connectivity index is 1.94. The third kappa shape index (κ3) is 6.75. The van der Waals surface area contributed by atoms with Gasteiger partial charge in [-0.1, -0.05) is 84.2 Å². The van der Waals surface area contributed by atoms with E-state index in [0.29, 0.717) is 0 Å². The molecule has 134 valence electrons. The molecule has 0 aliphatic carbocycles. The van der Waals surface area contributed by atoms with E-state index >= 15 is 0 Å². The number of carbonyl (C=O) groups excluding carboxylic acids is 1. The SMILES string of the molecule is CCc1ccc(NC(NOC(=O)Cc2ccccc2)C(Cl)(Cl)Cl)cc1. The zero-order valence-electron chi connectivity index (χ0n) is 13.6. The van der Waals surface area contributed by atoms with Gasteiger partial charge in [-0.15, -0.1) is 5.48 Å². The summed E-state index contributed by atoms with van der Waals surface area (Å²) in [5.74, 6) is -0.478. The first kappa shape index (κ1) is 19.9. The summed E-state index contributed by atoms with van der Waals surface area (Å²) in [6.07, 6.45) is 0.138. The van der Waals surface area contributed by atoms with Crippen LogP contribution in [0.2, 0.25) is 0 Å². The van der Waals surface area contributed by atoms with Crippen molar-refractivity contribution in [1.29, 1.82) is 0 Å².